The third-order valence-electron chi connectivity index (χ3n) is 8.21. The molecule has 5 aromatic rings. The Labute approximate surface area is 268 Å². The summed E-state index contributed by atoms with van der Waals surface area (Å²) < 4.78 is 1.61. The third-order valence-corrected chi connectivity index (χ3v) is 9.58. The van der Waals surface area contributed by atoms with E-state index in [0.29, 0.717) is 44.1 Å². The maximum atomic E-state index is 14.1. The van der Waals surface area contributed by atoms with Gasteiger partial charge in [-0.25, -0.2) is 9.97 Å². The molecule has 1 saturated heterocycles. The minimum atomic E-state index is -0.269. The largest absolute Gasteiger partial charge is 0.324 e. The van der Waals surface area contributed by atoms with Gasteiger partial charge >= 0.3 is 0 Å². The second-order valence-electron chi connectivity index (χ2n) is 11.1. The molecule has 0 bridgehead atoms. The first-order valence-electron chi connectivity index (χ1n) is 14.5. The monoisotopic (exact) mass is 641 g/mol. The van der Waals surface area contributed by atoms with Crippen LogP contribution in [0.2, 0.25) is 10.0 Å². The van der Waals surface area contributed by atoms with Gasteiger partial charge < -0.3 is 10.2 Å². The molecule has 0 saturated carbocycles. The maximum Gasteiger partial charge on any atom is 0.260 e. The van der Waals surface area contributed by atoms with Crippen LogP contribution in [0.15, 0.2) is 76.1 Å². The van der Waals surface area contributed by atoms with E-state index in [2.05, 4.69) is 56.5 Å². The van der Waals surface area contributed by atoms with Crippen molar-refractivity contribution in [2.45, 2.75) is 31.7 Å². The molecule has 0 atom stereocenters. The van der Waals surface area contributed by atoms with Crippen LogP contribution < -0.4 is 10.9 Å². The number of aliphatic imine (C=N–C) groups is 1. The van der Waals surface area contributed by atoms with Gasteiger partial charge in [0.1, 0.15) is 10.7 Å². The molecule has 0 amide bonds. The van der Waals surface area contributed by atoms with Crippen LogP contribution in [0.25, 0.3) is 27.9 Å². The highest BCUT2D eigenvalue weighted by atomic mass is 35.5. The van der Waals surface area contributed by atoms with Gasteiger partial charge in [0.15, 0.2) is 0 Å². The molecular formula is C33H29Cl2N7OS. The van der Waals surface area contributed by atoms with E-state index in [1.807, 2.05) is 17.7 Å². The molecule has 2 aliphatic rings. The number of nitrogens with one attached hydrogen (secondary N) is 1. The number of allylic oxidation sites excluding steroid dienone is 1. The Kier molecular flexibility index (Phi) is 8.03. The lowest BCUT2D eigenvalue weighted by Crippen LogP contribution is -2.29. The summed E-state index contributed by atoms with van der Waals surface area (Å²) in [6.45, 7) is 2.49. The lowest BCUT2D eigenvalue weighted by Gasteiger charge is -2.29. The molecule has 7 rings (SSSR count). The topological polar surface area (TPSA) is 88.3 Å². The van der Waals surface area contributed by atoms with Crippen LogP contribution in [0.4, 0.5) is 11.6 Å². The number of benzene rings is 2. The zero-order valence-corrected chi connectivity index (χ0v) is 26.3. The number of hydrogen-bond donors (Lipinski definition) is 1. The summed E-state index contributed by atoms with van der Waals surface area (Å²) in [6, 6.07) is 13.8. The second-order valence-corrected chi connectivity index (χ2v) is 12.9. The molecule has 3 aromatic heterocycles. The highest BCUT2D eigenvalue weighted by Crippen LogP contribution is 2.38. The molecule has 8 nitrogen and oxygen atoms in total. The molecule has 44 heavy (non-hydrogen) atoms. The summed E-state index contributed by atoms with van der Waals surface area (Å²) in [4.78, 5) is 34.7. The molecule has 5 heterocycles. The van der Waals surface area contributed by atoms with E-state index < -0.39 is 0 Å². The van der Waals surface area contributed by atoms with Crippen molar-refractivity contribution in [3.8, 4) is 11.1 Å². The van der Waals surface area contributed by atoms with Crippen molar-refractivity contribution in [3.05, 3.63) is 103 Å². The van der Waals surface area contributed by atoms with E-state index in [1.165, 1.54) is 29.7 Å². The first-order chi connectivity index (χ1) is 21.4. The maximum absolute atomic E-state index is 14.1. The first kappa shape index (κ1) is 28.9. The molecule has 1 N–H and O–H groups in total. The summed E-state index contributed by atoms with van der Waals surface area (Å²) >= 11 is 15.0. The number of anilines is 2. The SMILES string of the molecule is CN1CCC(c2ccc(Nc3ncc4cc(-c5c(Cl)cc(C6=CCC=N6)cc5Cl)c(=O)n(Cc5nccs5)c4n3)cc2)CC1. The average molecular weight is 643 g/mol. The van der Waals surface area contributed by atoms with Crippen molar-refractivity contribution in [1.82, 2.24) is 24.4 Å². The van der Waals surface area contributed by atoms with Gasteiger partial charge in [-0.1, -0.05) is 41.4 Å². The van der Waals surface area contributed by atoms with Crippen LogP contribution in [0.1, 0.15) is 41.3 Å². The fourth-order valence-electron chi connectivity index (χ4n) is 5.86. The second kappa shape index (κ2) is 12.2. The molecule has 0 radical (unpaired) electrons. The van der Waals surface area contributed by atoms with Crippen molar-refractivity contribution >= 4 is 69.1 Å². The standard InChI is InChI=1S/C33H29Cl2N7OS/c1-41-12-8-21(9-13-41)20-4-6-24(7-5-20)39-33-38-18-23-15-25(32(43)42(31(23)40-33)19-29-37-11-14-44-29)30-26(34)16-22(17-27(30)35)28-3-2-10-36-28/h3-7,10-11,14-18,21H,2,8-9,12-13,19H2,1H3,(H,38,39,40). The molecule has 0 unspecified atom stereocenters. The van der Waals surface area contributed by atoms with Crippen molar-refractivity contribution in [2.75, 3.05) is 25.5 Å². The number of hydrogen-bond acceptors (Lipinski definition) is 8. The Morgan fingerprint density at radius 1 is 1.05 bits per heavy atom. The average Bonchev–Trinajstić information content (AvgIpc) is 3.75. The van der Waals surface area contributed by atoms with Gasteiger partial charge in [-0.15, -0.1) is 11.3 Å². The number of rotatable bonds is 7. The molecule has 222 valence electrons. The Balaban J connectivity index is 1.25. The predicted molar refractivity (Wildman–Crippen MR) is 181 cm³/mol. The van der Waals surface area contributed by atoms with E-state index in [-0.39, 0.29) is 12.1 Å². The Bertz CT molecular complexity index is 1940. The van der Waals surface area contributed by atoms with Crippen LogP contribution in [-0.2, 0) is 6.54 Å². The normalized spacial score (nSPS) is 15.7. The lowest BCUT2D eigenvalue weighted by atomic mass is 9.89. The minimum absolute atomic E-state index is 0.248. The molecule has 0 aliphatic carbocycles. The van der Waals surface area contributed by atoms with Gasteiger partial charge in [0.2, 0.25) is 5.95 Å². The van der Waals surface area contributed by atoms with Crippen molar-refractivity contribution in [3.63, 3.8) is 0 Å². The Hall–Kier alpha value is -3.89. The van der Waals surface area contributed by atoms with E-state index in [1.54, 1.807) is 35.2 Å². The zero-order chi connectivity index (χ0) is 30.2. The molecule has 2 aromatic carbocycles. The molecule has 11 heteroatoms. The number of halogens is 2. The summed E-state index contributed by atoms with van der Waals surface area (Å²) in [5.74, 6) is 0.980. The van der Waals surface area contributed by atoms with E-state index in [4.69, 9.17) is 28.2 Å². The number of pyridine rings is 1. The Morgan fingerprint density at radius 3 is 2.50 bits per heavy atom. The summed E-state index contributed by atoms with van der Waals surface area (Å²) in [5, 5.41) is 7.40. The van der Waals surface area contributed by atoms with Crippen LogP contribution in [0, 0.1) is 0 Å². The van der Waals surface area contributed by atoms with Gasteiger partial charge in [-0.2, -0.15) is 4.98 Å². The van der Waals surface area contributed by atoms with Crippen LogP contribution in [0.3, 0.4) is 0 Å². The van der Waals surface area contributed by atoms with Gasteiger partial charge in [0.25, 0.3) is 5.56 Å². The number of thiazole rings is 1. The summed E-state index contributed by atoms with van der Waals surface area (Å²) in [7, 11) is 2.18. The molecular weight excluding hydrogens is 613 g/mol. The number of nitrogens with zero attached hydrogens (tertiary/aromatic N) is 6. The van der Waals surface area contributed by atoms with Crippen LogP contribution >= 0.6 is 34.5 Å². The van der Waals surface area contributed by atoms with Gasteiger partial charge in [-0.3, -0.25) is 14.4 Å². The van der Waals surface area contributed by atoms with Crippen molar-refractivity contribution in [1.29, 1.82) is 0 Å². The number of fused-ring (bicyclic) bond motifs is 1. The fourth-order valence-corrected chi connectivity index (χ4v) is 7.15. The van der Waals surface area contributed by atoms with Gasteiger partial charge in [0, 0.05) is 52.6 Å². The summed E-state index contributed by atoms with van der Waals surface area (Å²) in [5.41, 5.74) is 4.90. The number of likely N-dealkylation sites (tertiary alicyclic amines) is 1. The highest BCUT2D eigenvalue weighted by Gasteiger charge is 2.21. The van der Waals surface area contributed by atoms with Gasteiger partial charge in [0.05, 0.1) is 27.9 Å². The van der Waals surface area contributed by atoms with Gasteiger partial charge in [-0.05, 0) is 74.8 Å². The zero-order valence-electron chi connectivity index (χ0n) is 24.0. The fraction of sp³-hybridized carbons (Fsp3) is 0.242. The Morgan fingerprint density at radius 2 is 1.82 bits per heavy atom. The number of aromatic nitrogens is 4. The molecule has 0 spiro atoms. The highest BCUT2D eigenvalue weighted by molar-refractivity contribution is 7.09. The molecule has 2 aliphatic heterocycles. The lowest BCUT2D eigenvalue weighted by molar-refractivity contribution is 0.255. The third kappa shape index (κ3) is 5.80. The number of piperidine rings is 1. The summed E-state index contributed by atoms with van der Waals surface area (Å²) in [6.07, 6.45) is 10.4. The van der Waals surface area contributed by atoms with E-state index >= 15 is 0 Å². The van der Waals surface area contributed by atoms with E-state index in [0.717, 1.165) is 41.5 Å². The first-order valence-corrected chi connectivity index (χ1v) is 16.1. The molecule has 1 fully saturated rings. The predicted octanol–water partition coefficient (Wildman–Crippen LogP) is 7.64. The van der Waals surface area contributed by atoms with E-state index in [9.17, 15) is 4.79 Å². The van der Waals surface area contributed by atoms with Crippen LogP contribution in [0.5, 0.6) is 0 Å². The minimum Gasteiger partial charge on any atom is -0.324 e. The smallest absolute Gasteiger partial charge is 0.260 e. The van der Waals surface area contributed by atoms with Crippen LogP contribution in [-0.4, -0.2) is 50.8 Å². The van der Waals surface area contributed by atoms with Crippen molar-refractivity contribution < 1.29 is 0 Å². The quantitative estimate of drug-likeness (QED) is 0.196. The van der Waals surface area contributed by atoms with Crippen molar-refractivity contribution in [2.24, 2.45) is 4.99 Å².